The Balaban J connectivity index is 1.23. The van der Waals surface area contributed by atoms with Crippen LogP contribution in [0.4, 0.5) is 4.39 Å². The van der Waals surface area contributed by atoms with Gasteiger partial charge in [0.15, 0.2) is 18.2 Å². The fourth-order valence-electron chi connectivity index (χ4n) is 5.06. The highest BCUT2D eigenvalue weighted by Crippen LogP contribution is 2.32. The van der Waals surface area contributed by atoms with Gasteiger partial charge in [0, 0.05) is 32.5 Å². The fraction of sp³-hybridized carbons (Fsp3) is 0.481. The van der Waals surface area contributed by atoms with Crippen molar-refractivity contribution in [2.45, 2.75) is 57.3 Å². The molecule has 2 amide bonds. The summed E-state index contributed by atoms with van der Waals surface area (Å²) in [5, 5.41) is 0. The lowest BCUT2D eigenvalue weighted by molar-refractivity contribution is -0.149. The van der Waals surface area contributed by atoms with Crippen molar-refractivity contribution in [3.05, 3.63) is 59.4 Å². The monoisotopic (exact) mass is 482 g/mol. The first-order chi connectivity index (χ1) is 17.1. The van der Waals surface area contributed by atoms with Crippen LogP contribution in [-0.4, -0.2) is 60.1 Å². The first kappa shape index (κ1) is 23.6. The predicted molar refractivity (Wildman–Crippen MR) is 126 cm³/mol. The van der Waals surface area contributed by atoms with Crippen molar-refractivity contribution in [2.24, 2.45) is 0 Å². The molecule has 35 heavy (non-hydrogen) atoms. The minimum absolute atomic E-state index is 0.0599. The summed E-state index contributed by atoms with van der Waals surface area (Å²) >= 11 is 0. The second-order valence-corrected chi connectivity index (χ2v) is 9.38. The molecule has 5 rings (SSSR count). The molecule has 0 aromatic heterocycles. The van der Waals surface area contributed by atoms with Gasteiger partial charge in [-0.3, -0.25) is 9.59 Å². The zero-order chi connectivity index (χ0) is 24.2. The van der Waals surface area contributed by atoms with Gasteiger partial charge in [0.25, 0.3) is 5.91 Å². The Kier molecular flexibility index (Phi) is 7.18. The molecule has 2 aromatic rings. The summed E-state index contributed by atoms with van der Waals surface area (Å²) in [5.41, 5.74) is 1.68. The van der Waals surface area contributed by atoms with Crippen LogP contribution in [0.15, 0.2) is 42.5 Å². The number of benzene rings is 2. The van der Waals surface area contributed by atoms with Crippen molar-refractivity contribution in [3.63, 3.8) is 0 Å². The van der Waals surface area contributed by atoms with Gasteiger partial charge in [-0.2, -0.15) is 0 Å². The highest BCUT2D eigenvalue weighted by atomic mass is 19.1. The van der Waals surface area contributed by atoms with Crippen LogP contribution in [0.5, 0.6) is 11.5 Å². The van der Waals surface area contributed by atoms with E-state index in [9.17, 15) is 14.0 Å². The van der Waals surface area contributed by atoms with E-state index < -0.39 is 11.9 Å². The Labute approximate surface area is 204 Å². The van der Waals surface area contributed by atoms with Crippen LogP contribution in [0.3, 0.4) is 0 Å². The molecule has 2 fully saturated rings. The minimum atomic E-state index is -0.521. The van der Waals surface area contributed by atoms with Gasteiger partial charge in [-0.15, -0.1) is 0 Å². The van der Waals surface area contributed by atoms with Crippen LogP contribution in [0.25, 0.3) is 0 Å². The maximum atomic E-state index is 14.7. The molecular formula is C27H31FN2O5. The molecule has 3 aliphatic rings. The molecule has 3 heterocycles. The van der Waals surface area contributed by atoms with E-state index in [-0.39, 0.29) is 30.3 Å². The Bertz CT molecular complexity index is 1060. The number of hydrogen-bond donors (Lipinski definition) is 0. The molecule has 0 N–H and O–H groups in total. The molecule has 0 unspecified atom stereocenters. The summed E-state index contributed by atoms with van der Waals surface area (Å²) in [7, 11) is 0. The number of para-hydroxylation sites is 1. The van der Waals surface area contributed by atoms with Crippen LogP contribution in [-0.2, 0) is 27.4 Å². The van der Waals surface area contributed by atoms with Gasteiger partial charge in [-0.25, -0.2) is 4.39 Å². The molecule has 0 saturated carbocycles. The van der Waals surface area contributed by atoms with Crippen LogP contribution < -0.4 is 9.47 Å². The van der Waals surface area contributed by atoms with Crippen molar-refractivity contribution in [1.29, 1.82) is 0 Å². The smallest absolute Gasteiger partial charge is 0.261 e. The lowest BCUT2D eigenvalue weighted by Gasteiger charge is -2.36. The number of likely N-dealkylation sites (tertiary alicyclic amines) is 1. The van der Waals surface area contributed by atoms with Gasteiger partial charge in [0.05, 0.1) is 13.2 Å². The van der Waals surface area contributed by atoms with Crippen molar-refractivity contribution >= 4 is 11.8 Å². The molecule has 0 bridgehead atoms. The maximum absolute atomic E-state index is 14.7. The highest BCUT2D eigenvalue weighted by molar-refractivity contribution is 5.88. The Morgan fingerprint density at radius 1 is 1.00 bits per heavy atom. The number of rotatable bonds is 6. The van der Waals surface area contributed by atoms with Gasteiger partial charge >= 0.3 is 0 Å². The Morgan fingerprint density at radius 2 is 1.74 bits per heavy atom. The molecule has 186 valence electrons. The van der Waals surface area contributed by atoms with Crippen LogP contribution in [0.2, 0.25) is 0 Å². The molecule has 1 atom stereocenters. The summed E-state index contributed by atoms with van der Waals surface area (Å²) in [6.07, 6.45) is 3.78. The van der Waals surface area contributed by atoms with Gasteiger partial charge < -0.3 is 24.0 Å². The molecule has 2 aromatic carbocycles. The third-order valence-electron chi connectivity index (χ3n) is 6.96. The number of halogens is 1. The second kappa shape index (κ2) is 10.6. The van der Waals surface area contributed by atoms with E-state index in [2.05, 4.69) is 0 Å². The number of ether oxygens (including phenoxy) is 3. The van der Waals surface area contributed by atoms with E-state index in [1.807, 2.05) is 18.2 Å². The fourth-order valence-corrected chi connectivity index (χ4v) is 5.06. The average Bonchev–Trinajstić information content (AvgIpc) is 3.31. The standard InChI is InChI=1S/C27H31FN2O5/c28-23-14-19-16-29(17-20(19)15-25(23)35-22-9-12-33-13-10-22)27(32)24-8-4-5-11-30(24)26(31)18-34-21-6-2-1-3-7-21/h1-3,6-7,14-15,22,24H,4-5,8-13,16-18H2/t24-/m1/s1. The second-order valence-electron chi connectivity index (χ2n) is 9.38. The van der Waals surface area contributed by atoms with Crippen molar-refractivity contribution in [1.82, 2.24) is 9.80 Å². The molecule has 0 spiro atoms. The van der Waals surface area contributed by atoms with Gasteiger partial charge in [0.1, 0.15) is 17.9 Å². The van der Waals surface area contributed by atoms with Crippen molar-refractivity contribution < 1.29 is 28.2 Å². The van der Waals surface area contributed by atoms with Crippen LogP contribution in [0, 0.1) is 5.82 Å². The minimum Gasteiger partial charge on any atom is -0.487 e. The predicted octanol–water partition coefficient (Wildman–Crippen LogP) is 3.69. The zero-order valence-electron chi connectivity index (χ0n) is 19.8. The number of hydrogen-bond acceptors (Lipinski definition) is 5. The van der Waals surface area contributed by atoms with Crippen LogP contribution in [0.1, 0.15) is 43.2 Å². The number of nitrogens with zero attached hydrogens (tertiary/aromatic N) is 2. The third-order valence-corrected chi connectivity index (χ3v) is 6.96. The molecule has 3 aliphatic heterocycles. The first-order valence-corrected chi connectivity index (χ1v) is 12.4. The Morgan fingerprint density at radius 3 is 2.51 bits per heavy atom. The van der Waals surface area contributed by atoms with E-state index >= 15 is 0 Å². The maximum Gasteiger partial charge on any atom is 0.261 e. The molecule has 0 radical (unpaired) electrons. The number of carbonyl (C=O) groups excluding carboxylic acids is 2. The summed E-state index contributed by atoms with van der Waals surface area (Å²) in [6, 6.07) is 11.9. The molecule has 0 aliphatic carbocycles. The first-order valence-electron chi connectivity index (χ1n) is 12.4. The normalized spacial score (nSPS) is 20.4. The van der Waals surface area contributed by atoms with E-state index in [1.54, 1.807) is 28.0 Å². The number of amides is 2. The Hall–Kier alpha value is -3.13. The van der Waals surface area contributed by atoms with Crippen LogP contribution >= 0.6 is 0 Å². The largest absolute Gasteiger partial charge is 0.487 e. The van der Waals surface area contributed by atoms with E-state index in [0.29, 0.717) is 45.0 Å². The summed E-state index contributed by atoms with van der Waals surface area (Å²) in [5.74, 6) is 0.161. The quantitative estimate of drug-likeness (QED) is 0.628. The van der Waals surface area contributed by atoms with Crippen molar-refractivity contribution in [2.75, 3.05) is 26.4 Å². The number of fused-ring (bicyclic) bond motifs is 1. The molecular weight excluding hydrogens is 451 g/mol. The van der Waals surface area contributed by atoms with Crippen molar-refractivity contribution in [3.8, 4) is 11.5 Å². The van der Waals surface area contributed by atoms with E-state index in [1.165, 1.54) is 6.07 Å². The lowest BCUT2D eigenvalue weighted by atomic mass is 10.0. The molecule has 7 nitrogen and oxygen atoms in total. The van der Waals surface area contributed by atoms with Gasteiger partial charge in [-0.05, 0) is 54.7 Å². The van der Waals surface area contributed by atoms with E-state index in [4.69, 9.17) is 14.2 Å². The summed E-state index contributed by atoms with van der Waals surface area (Å²) in [6.45, 7) is 2.39. The zero-order valence-corrected chi connectivity index (χ0v) is 19.8. The topological polar surface area (TPSA) is 68.3 Å². The average molecular weight is 483 g/mol. The molecule has 2 saturated heterocycles. The van der Waals surface area contributed by atoms with Gasteiger partial charge in [-0.1, -0.05) is 18.2 Å². The highest BCUT2D eigenvalue weighted by Gasteiger charge is 2.37. The lowest BCUT2D eigenvalue weighted by Crippen LogP contribution is -2.53. The summed E-state index contributed by atoms with van der Waals surface area (Å²) < 4.78 is 31.6. The number of piperidine rings is 1. The SMILES string of the molecule is O=C([C@H]1CCCCN1C(=O)COc1ccccc1)N1Cc2cc(F)c(OC3CCOCC3)cc2C1. The van der Waals surface area contributed by atoms with Gasteiger partial charge in [0.2, 0.25) is 5.91 Å². The third kappa shape index (κ3) is 5.42. The number of carbonyl (C=O) groups is 2. The summed E-state index contributed by atoms with van der Waals surface area (Å²) in [4.78, 5) is 29.8. The molecule has 8 heteroatoms. The van der Waals surface area contributed by atoms with E-state index in [0.717, 1.165) is 36.8 Å².